The van der Waals surface area contributed by atoms with Crippen molar-refractivity contribution in [1.82, 2.24) is 9.21 Å². The highest BCUT2D eigenvalue weighted by atomic mass is 32.2. The molecule has 0 saturated carbocycles. The second-order valence-electron chi connectivity index (χ2n) is 6.80. The number of sulfonamides is 1. The average molecular weight is 419 g/mol. The second kappa shape index (κ2) is 8.71. The number of nitrogens with one attached hydrogen (secondary N) is 1. The first-order valence-corrected chi connectivity index (χ1v) is 10.6. The van der Waals surface area contributed by atoms with Gasteiger partial charge in [-0.2, -0.15) is 4.31 Å². The van der Waals surface area contributed by atoms with Gasteiger partial charge in [-0.3, -0.25) is 9.59 Å². The highest BCUT2D eigenvalue weighted by Gasteiger charge is 2.30. The van der Waals surface area contributed by atoms with Gasteiger partial charge in [-0.05, 0) is 35.9 Å². The molecule has 154 valence electrons. The topological polar surface area (TPSA) is 86.8 Å². The predicted molar refractivity (Wildman–Crippen MR) is 106 cm³/mol. The van der Waals surface area contributed by atoms with Crippen LogP contribution in [0.5, 0.6) is 0 Å². The van der Waals surface area contributed by atoms with Crippen molar-refractivity contribution in [3.8, 4) is 0 Å². The van der Waals surface area contributed by atoms with Gasteiger partial charge >= 0.3 is 0 Å². The Morgan fingerprint density at radius 1 is 1.03 bits per heavy atom. The molecule has 29 heavy (non-hydrogen) atoms. The molecule has 0 radical (unpaired) electrons. The zero-order chi connectivity index (χ0) is 21.0. The molecule has 0 aliphatic carbocycles. The summed E-state index contributed by atoms with van der Waals surface area (Å²) in [6.07, 6.45) is 0.191. The van der Waals surface area contributed by atoms with Gasteiger partial charge in [0.15, 0.2) is 0 Å². The molecule has 0 unspecified atom stereocenters. The van der Waals surface area contributed by atoms with Gasteiger partial charge in [-0.25, -0.2) is 12.8 Å². The van der Waals surface area contributed by atoms with Crippen molar-refractivity contribution in [3.63, 3.8) is 0 Å². The van der Waals surface area contributed by atoms with E-state index in [9.17, 15) is 22.4 Å². The van der Waals surface area contributed by atoms with Gasteiger partial charge in [0, 0.05) is 38.8 Å². The van der Waals surface area contributed by atoms with Crippen LogP contribution in [0.3, 0.4) is 0 Å². The number of hydrogen-bond donors (Lipinski definition) is 1. The van der Waals surface area contributed by atoms with Crippen molar-refractivity contribution in [1.29, 1.82) is 0 Å². The molecule has 0 spiro atoms. The van der Waals surface area contributed by atoms with E-state index in [-0.39, 0.29) is 49.3 Å². The average Bonchev–Trinajstić information content (AvgIpc) is 2.69. The lowest BCUT2D eigenvalue weighted by molar-refractivity contribution is -0.131. The van der Waals surface area contributed by atoms with Crippen LogP contribution in [0.25, 0.3) is 0 Å². The molecular formula is C20H22FN3O4S. The van der Waals surface area contributed by atoms with E-state index in [0.717, 1.165) is 11.6 Å². The zero-order valence-electron chi connectivity index (χ0n) is 16.0. The summed E-state index contributed by atoms with van der Waals surface area (Å²) in [4.78, 5) is 25.1. The lowest BCUT2D eigenvalue weighted by Crippen LogP contribution is -2.50. The minimum Gasteiger partial charge on any atom is -0.340 e. The molecule has 2 amide bonds. The van der Waals surface area contributed by atoms with Crippen molar-refractivity contribution in [3.05, 3.63) is 59.9 Å². The minimum absolute atomic E-state index is 0.0865. The smallest absolute Gasteiger partial charge is 0.243 e. The van der Waals surface area contributed by atoms with E-state index in [2.05, 4.69) is 5.32 Å². The maximum absolute atomic E-state index is 13.4. The van der Waals surface area contributed by atoms with Gasteiger partial charge in [-0.15, -0.1) is 0 Å². The molecule has 9 heteroatoms. The van der Waals surface area contributed by atoms with E-state index in [0.29, 0.717) is 5.69 Å². The van der Waals surface area contributed by atoms with E-state index in [1.807, 2.05) is 0 Å². The van der Waals surface area contributed by atoms with Crippen LogP contribution in [-0.4, -0.2) is 55.6 Å². The molecule has 3 rings (SSSR count). The summed E-state index contributed by atoms with van der Waals surface area (Å²) < 4.78 is 39.9. The SMILES string of the molecule is CC(=O)Nc1ccc(CC(=O)N2CCN(S(=O)(=O)c3cccc(F)c3)CC2)cc1. The summed E-state index contributed by atoms with van der Waals surface area (Å²) in [5.74, 6) is -0.871. The molecule has 1 saturated heterocycles. The number of amides is 2. The molecular weight excluding hydrogens is 397 g/mol. The van der Waals surface area contributed by atoms with Gasteiger partial charge in [0.05, 0.1) is 11.3 Å². The lowest BCUT2D eigenvalue weighted by Gasteiger charge is -2.34. The van der Waals surface area contributed by atoms with Crippen LogP contribution in [0.15, 0.2) is 53.4 Å². The molecule has 2 aromatic rings. The third-order valence-corrected chi connectivity index (χ3v) is 6.55. The molecule has 1 fully saturated rings. The van der Waals surface area contributed by atoms with Gasteiger partial charge in [0.1, 0.15) is 5.82 Å². The third kappa shape index (κ3) is 5.18. The van der Waals surface area contributed by atoms with Crippen LogP contribution in [0, 0.1) is 5.82 Å². The summed E-state index contributed by atoms with van der Waals surface area (Å²) >= 11 is 0. The highest BCUT2D eigenvalue weighted by Crippen LogP contribution is 2.19. The van der Waals surface area contributed by atoms with Crippen molar-refractivity contribution in [2.45, 2.75) is 18.2 Å². The molecule has 0 atom stereocenters. The number of halogens is 1. The van der Waals surface area contributed by atoms with E-state index in [1.165, 1.54) is 29.4 Å². The summed E-state index contributed by atoms with van der Waals surface area (Å²) in [6, 6.07) is 11.9. The molecule has 1 N–H and O–H groups in total. The number of carbonyl (C=O) groups is 2. The standard InChI is InChI=1S/C20H22FN3O4S/c1-15(25)22-18-7-5-16(6-8-18)13-20(26)23-9-11-24(12-10-23)29(27,28)19-4-2-3-17(21)14-19/h2-8,14H,9-13H2,1H3,(H,22,25). The fourth-order valence-corrected chi connectivity index (χ4v) is 4.60. The van der Waals surface area contributed by atoms with Crippen molar-refractivity contribution in [2.75, 3.05) is 31.5 Å². The van der Waals surface area contributed by atoms with Gasteiger partial charge in [0.2, 0.25) is 21.8 Å². The first-order valence-electron chi connectivity index (χ1n) is 9.16. The van der Waals surface area contributed by atoms with E-state index >= 15 is 0 Å². The Labute approximate surface area is 169 Å². The second-order valence-corrected chi connectivity index (χ2v) is 8.74. The molecule has 1 heterocycles. The maximum Gasteiger partial charge on any atom is 0.243 e. The Kier molecular flexibility index (Phi) is 6.29. The molecule has 0 aromatic heterocycles. The third-order valence-electron chi connectivity index (χ3n) is 4.65. The quantitative estimate of drug-likeness (QED) is 0.802. The monoisotopic (exact) mass is 419 g/mol. The normalized spacial score (nSPS) is 15.2. The first kappa shape index (κ1) is 20.9. The Hall–Kier alpha value is -2.78. The number of piperazine rings is 1. The number of benzene rings is 2. The van der Waals surface area contributed by atoms with Crippen molar-refractivity contribution >= 4 is 27.5 Å². The number of carbonyl (C=O) groups excluding carboxylic acids is 2. The fraction of sp³-hybridized carbons (Fsp3) is 0.300. The van der Waals surface area contributed by atoms with E-state index in [4.69, 9.17) is 0 Å². The van der Waals surface area contributed by atoms with E-state index < -0.39 is 15.8 Å². The molecule has 1 aliphatic heterocycles. The Morgan fingerprint density at radius 2 is 1.69 bits per heavy atom. The summed E-state index contributed by atoms with van der Waals surface area (Å²) in [5.41, 5.74) is 1.46. The Bertz CT molecular complexity index is 1000. The number of nitrogens with zero attached hydrogens (tertiary/aromatic N) is 2. The van der Waals surface area contributed by atoms with Crippen molar-refractivity contribution < 1.29 is 22.4 Å². The summed E-state index contributed by atoms with van der Waals surface area (Å²) in [5, 5.41) is 2.66. The van der Waals surface area contributed by atoms with Gasteiger partial charge < -0.3 is 10.2 Å². The largest absolute Gasteiger partial charge is 0.340 e. The predicted octanol–water partition coefficient (Wildman–Crippen LogP) is 1.86. The molecule has 1 aliphatic rings. The van der Waals surface area contributed by atoms with Crippen molar-refractivity contribution in [2.24, 2.45) is 0 Å². The highest BCUT2D eigenvalue weighted by molar-refractivity contribution is 7.89. The first-order chi connectivity index (χ1) is 13.8. The Balaban J connectivity index is 1.57. The van der Waals surface area contributed by atoms with Crippen LogP contribution < -0.4 is 5.32 Å². The van der Waals surface area contributed by atoms with E-state index in [1.54, 1.807) is 29.2 Å². The molecule has 0 bridgehead atoms. The summed E-state index contributed by atoms with van der Waals surface area (Å²) in [6.45, 7) is 2.29. The number of hydrogen-bond acceptors (Lipinski definition) is 4. The Morgan fingerprint density at radius 3 is 2.28 bits per heavy atom. The lowest BCUT2D eigenvalue weighted by atomic mass is 10.1. The van der Waals surface area contributed by atoms with Crippen LogP contribution >= 0.6 is 0 Å². The van der Waals surface area contributed by atoms with Crippen LogP contribution in [0.2, 0.25) is 0 Å². The number of rotatable bonds is 5. The number of anilines is 1. The molecule has 2 aromatic carbocycles. The molecule has 7 nitrogen and oxygen atoms in total. The van der Waals surface area contributed by atoms with Crippen LogP contribution in [0.1, 0.15) is 12.5 Å². The van der Waals surface area contributed by atoms with Crippen LogP contribution in [0.4, 0.5) is 10.1 Å². The van der Waals surface area contributed by atoms with Gasteiger partial charge in [-0.1, -0.05) is 18.2 Å². The fourth-order valence-electron chi connectivity index (χ4n) is 3.15. The van der Waals surface area contributed by atoms with Gasteiger partial charge in [0.25, 0.3) is 0 Å². The summed E-state index contributed by atoms with van der Waals surface area (Å²) in [7, 11) is -3.79. The maximum atomic E-state index is 13.4. The zero-order valence-corrected chi connectivity index (χ0v) is 16.8. The van der Waals surface area contributed by atoms with Crippen LogP contribution in [-0.2, 0) is 26.0 Å². The minimum atomic E-state index is -3.79.